The summed E-state index contributed by atoms with van der Waals surface area (Å²) in [6.07, 6.45) is 1.61. The molecule has 1 heterocycles. The maximum atomic E-state index is 12.0. The van der Waals surface area contributed by atoms with Crippen molar-refractivity contribution in [3.8, 4) is 0 Å². The summed E-state index contributed by atoms with van der Waals surface area (Å²) < 4.78 is 4.68. The molecule has 7 heteroatoms. The van der Waals surface area contributed by atoms with Crippen LogP contribution in [0.1, 0.15) is 10.4 Å². The highest BCUT2D eigenvalue weighted by Gasteiger charge is 2.13. The van der Waals surface area contributed by atoms with Gasteiger partial charge in [-0.15, -0.1) is 0 Å². The van der Waals surface area contributed by atoms with Gasteiger partial charge >= 0.3 is 5.97 Å². The van der Waals surface area contributed by atoms with E-state index in [2.05, 4.69) is 15.0 Å². The van der Waals surface area contributed by atoms with Crippen molar-refractivity contribution in [2.75, 3.05) is 18.2 Å². The first-order chi connectivity index (χ1) is 10.6. The lowest BCUT2D eigenvalue weighted by Crippen LogP contribution is -2.17. The molecule has 0 aliphatic rings. The first-order valence-electron chi connectivity index (χ1n) is 6.32. The fourth-order valence-electron chi connectivity index (χ4n) is 1.68. The molecule has 1 amide bonds. The van der Waals surface area contributed by atoms with Crippen LogP contribution in [-0.4, -0.2) is 29.7 Å². The van der Waals surface area contributed by atoms with Crippen LogP contribution in [-0.2, 0) is 9.53 Å². The molecule has 2 rings (SSSR count). The number of ether oxygens (including phenoxy) is 1. The van der Waals surface area contributed by atoms with Crippen molar-refractivity contribution in [1.29, 1.82) is 0 Å². The number of para-hydroxylation sites is 1. The van der Waals surface area contributed by atoms with Crippen molar-refractivity contribution in [3.05, 3.63) is 53.2 Å². The number of methoxy groups -OCH3 is 1. The maximum Gasteiger partial charge on any atom is 0.339 e. The molecule has 0 bridgehead atoms. The molecule has 1 aromatic carbocycles. The minimum absolute atomic E-state index is 0.131. The van der Waals surface area contributed by atoms with Gasteiger partial charge in [-0.1, -0.05) is 35.5 Å². The fourth-order valence-corrected chi connectivity index (χ4v) is 2.64. The van der Waals surface area contributed by atoms with Gasteiger partial charge in [0.05, 0.1) is 29.1 Å². The standard InChI is InChI=1S/C15H13ClN2O3S/c1-21-15(20)10-5-2-3-7-12(10)18-13(19)9-22-14-11(16)6-4-8-17-14/h2-8H,9H2,1H3,(H,18,19). The predicted octanol–water partition coefficient (Wildman–Crippen LogP) is 3.25. The lowest BCUT2D eigenvalue weighted by Gasteiger charge is -2.09. The molecule has 22 heavy (non-hydrogen) atoms. The first-order valence-corrected chi connectivity index (χ1v) is 7.68. The van der Waals surface area contributed by atoms with Crippen molar-refractivity contribution in [1.82, 2.24) is 4.98 Å². The van der Waals surface area contributed by atoms with Gasteiger partial charge < -0.3 is 10.1 Å². The van der Waals surface area contributed by atoms with Crippen molar-refractivity contribution >= 4 is 40.9 Å². The zero-order chi connectivity index (χ0) is 15.9. The number of anilines is 1. The number of nitrogens with zero attached hydrogens (tertiary/aromatic N) is 1. The third kappa shape index (κ3) is 4.22. The Morgan fingerprint density at radius 3 is 2.77 bits per heavy atom. The van der Waals surface area contributed by atoms with Gasteiger partial charge in [-0.2, -0.15) is 0 Å². The summed E-state index contributed by atoms with van der Waals surface area (Å²) in [4.78, 5) is 27.7. The second-order valence-corrected chi connectivity index (χ2v) is 5.54. The second-order valence-electron chi connectivity index (χ2n) is 4.16. The maximum absolute atomic E-state index is 12.0. The number of hydrogen-bond acceptors (Lipinski definition) is 5. The average molecular weight is 337 g/mol. The predicted molar refractivity (Wildman–Crippen MR) is 86.4 cm³/mol. The van der Waals surface area contributed by atoms with E-state index in [0.717, 1.165) is 0 Å². The summed E-state index contributed by atoms with van der Waals surface area (Å²) in [6.45, 7) is 0. The van der Waals surface area contributed by atoms with Gasteiger partial charge in [-0.25, -0.2) is 9.78 Å². The Hall–Kier alpha value is -2.05. The van der Waals surface area contributed by atoms with Crippen LogP contribution in [0.2, 0.25) is 5.02 Å². The molecule has 0 radical (unpaired) electrons. The molecule has 0 aliphatic carbocycles. The van der Waals surface area contributed by atoms with E-state index in [-0.39, 0.29) is 11.7 Å². The number of amides is 1. The van der Waals surface area contributed by atoms with Gasteiger partial charge in [0.15, 0.2) is 0 Å². The highest BCUT2D eigenvalue weighted by Crippen LogP contribution is 2.24. The van der Waals surface area contributed by atoms with Crippen LogP contribution >= 0.6 is 23.4 Å². The van der Waals surface area contributed by atoms with Gasteiger partial charge in [0.25, 0.3) is 0 Å². The number of pyridine rings is 1. The first kappa shape index (κ1) is 16.3. The molecule has 0 aliphatic heterocycles. The van der Waals surface area contributed by atoms with Crippen LogP contribution < -0.4 is 5.32 Å². The molecular weight excluding hydrogens is 324 g/mol. The normalized spacial score (nSPS) is 10.1. The lowest BCUT2D eigenvalue weighted by molar-refractivity contribution is -0.113. The van der Waals surface area contributed by atoms with Gasteiger partial charge in [0.1, 0.15) is 5.03 Å². The van der Waals surface area contributed by atoms with Gasteiger partial charge in [0, 0.05) is 6.20 Å². The largest absolute Gasteiger partial charge is 0.465 e. The van der Waals surface area contributed by atoms with Crippen LogP contribution in [0.5, 0.6) is 0 Å². The van der Waals surface area contributed by atoms with Crippen LogP contribution in [0.25, 0.3) is 0 Å². The Morgan fingerprint density at radius 2 is 2.05 bits per heavy atom. The topological polar surface area (TPSA) is 68.3 Å². The highest BCUT2D eigenvalue weighted by atomic mass is 35.5. The number of esters is 1. The number of hydrogen-bond donors (Lipinski definition) is 1. The van der Waals surface area contributed by atoms with E-state index in [1.807, 2.05) is 0 Å². The van der Waals surface area contributed by atoms with E-state index in [1.165, 1.54) is 18.9 Å². The number of nitrogens with one attached hydrogen (secondary N) is 1. The van der Waals surface area contributed by atoms with Crippen LogP contribution in [0.15, 0.2) is 47.6 Å². The SMILES string of the molecule is COC(=O)c1ccccc1NC(=O)CSc1ncccc1Cl. The van der Waals surface area contributed by atoms with E-state index in [9.17, 15) is 9.59 Å². The Kier molecular flexibility index (Phi) is 5.80. The van der Waals surface area contributed by atoms with E-state index in [0.29, 0.717) is 21.3 Å². The molecule has 0 unspecified atom stereocenters. The molecule has 0 spiro atoms. The summed E-state index contributed by atoms with van der Waals surface area (Å²) >= 11 is 7.20. The minimum atomic E-state index is -0.503. The minimum Gasteiger partial charge on any atom is -0.465 e. The number of thioether (sulfide) groups is 1. The number of aromatic nitrogens is 1. The molecular formula is C15H13ClN2O3S. The molecule has 1 N–H and O–H groups in total. The second kappa shape index (κ2) is 7.82. The number of halogens is 1. The summed E-state index contributed by atoms with van der Waals surface area (Å²) in [7, 11) is 1.29. The zero-order valence-corrected chi connectivity index (χ0v) is 13.3. The van der Waals surface area contributed by atoms with Crippen LogP contribution in [0.4, 0.5) is 5.69 Å². The molecule has 0 fully saturated rings. The third-order valence-corrected chi connectivity index (χ3v) is 4.09. The lowest BCUT2D eigenvalue weighted by atomic mass is 10.2. The third-order valence-electron chi connectivity index (χ3n) is 2.67. The van der Waals surface area contributed by atoms with Crippen LogP contribution in [0, 0.1) is 0 Å². The van der Waals surface area contributed by atoms with Crippen LogP contribution in [0.3, 0.4) is 0 Å². The number of benzene rings is 1. The Labute approximate surface area is 137 Å². The Bertz CT molecular complexity index is 694. The van der Waals surface area contributed by atoms with E-state index in [1.54, 1.807) is 42.6 Å². The summed E-state index contributed by atoms with van der Waals surface area (Å²) in [6, 6.07) is 10.1. The number of carbonyl (C=O) groups is 2. The van der Waals surface area contributed by atoms with Crippen molar-refractivity contribution in [3.63, 3.8) is 0 Å². The van der Waals surface area contributed by atoms with Crippen molar-refractivity contribution < 1.29 is 14.3 Å². The number of carbonyl (C=O) groups excluding carboxylic acids is 2. The van der Waals surface area contributed by atoms with Crippen molar-refractivity contribution in [2.45, 2.75) is 5.03 Å². The molecule has 0 saturated carbocycles. The summed E-state index contributed by atoms with van der Waals surface area (Å²) in [5.74, 6) is -0.633. The van der Waals surface area contributed by atoms with E-state index in [4.69, 9.17) is 11.6 Å². The molecule has 1 aromatic heterocycles. The molecule has 0 atom stereocenters. The highest BCUT2D eigenvalue weighted by molar-refractivity contribution is 8.00. The quantitative estimate of drug-likeness (QED) is 0.670. The zero-order valence-electron chi connectivity index (χ0n) is 11.7. The average Bonchev–Trinajstić information content (AvgIpc) is 2.54. The molecule has 2 aromatic rings. The Morgan fingerprint density at radius 1 is 1.27 bits per heavy atom. The molecule has 0 saturated heterocycles. The van der Waals surface area contributed by atoms with Gasteiger partial charge in [-0.05, 0) is 24.3 Å². The molecule has 114 valence electrons. The van der Waals surface area contributed by atoms with Crippen molar-refractivity contribution in [2.24, 2.45) is 0 Å². The van der Waals surface area contributed by atoms with Gasteiger partial charge in [-0.3, -0.25) is 4.79 Å². The smallest absolute Gasteiger partial charge is 0.339 e. The Balaban J connectivity index is 2.01. The number of rotatable bonds is 5. The summed E-state index contributed by atoms with van der Waals surface area (Å²) in [5, 5.41) is 3.76. The monoisotopic (exact) mass is 336 g/mol. The van der Waals surface area contributed by atoms with Gasteiger partial charge in [0.2, 0.25) is 5.91 Å². The fraction of sp³-hybridized carbons (Fsp3) is 0.133. The summed E-state index contributed by atoms with van der Waals surface area (Å²) in [5.41, 5.74) is 0.714. The van der Waals surface area contributed by atoms with E-state index >= 15 is 0 Å². The van der Waals surface area contributed by atoms with E-state index < -0.39 is 5.97 Å². The molecule has 5 nitrogen and oxygen atoms in total.